The molecule has 0 bridgehead atoms. The second-order valence-corrected chi connectivity index (χ2v) is 1.54. The molecule has 0 heterocycles. The summed E-state index contributed by atoms with van der Waals surface area (Å²) in [4.78, 5) is 10.4. The van der Waals surface area contributed by atoms with Crippen LogP contribution in [0, 0.1) is 12.8 Å². The van der Waals surface area contributed by atoms with Crippen molar-refractivity contribution in [3.05, 3.63) is 6.92 Å². The Bertz CT molecular complexity index is 78.6. The summed E-state index contributed by atoms with van der Waals surface area (Å²) in [6.07, 6.45) is 0.632. The van der Waals surface area contributed by atoms with Gasteiger partial charge in [0.1, 0.15) is 0 Å². The first-order valence-corrected chi connectivity index (χ1v) is 2.55. The van der Waals surface area contributed by atoms with Crippen LogP contribution in [0.1, 0.15) is 13.3 Å². The van der Waals surface area contributed by atoms with Gasteiger partial charge in [-0.3, -0.25) is 4.79 Å². The second-order valence-electron chi connectivity index (χ2n) is 1.54. The van der Waals surface area contributed by atoms with Gasteiger partial charge in [0.05, 0.1) is 13.0 Å². The first-order chi connectivity index (χ1) is 3.72. The van der Waals surface area contributed by atoms with E-state index in [0.29, 0.717) is 6.42 Å². The van der Waals surface area contributed by atoms with Crippen molar-refractivity contribution in [1.82, 2.24) is 0 Å². The molecule has 2 radical (unpaired) electrons. The molecule has 8 heavy (non-hydrogen) atoms. The molecule has 0 N–H and O–H groups in total. The van der Waals surface area contributed by atoms with Crippen LogP contribution in [-0.4, -0.2) is 13.1 Å². The summed E-state index contributed by atoms with van der Waals surface area (Å²) in [5.74, 6) is -0.785. The van der Waals surface area contributed by atoms with Crippen LogP contribution in [-0.2, 0) is 9.53 Å². The first kappa shape index (κ1) is 7.47. The third-order valence-corrected chi connectivity index (χ3v) is 0.944. The van der Waals surface area contributed by atoms with Gasteiger partial charge in [0, 0.05) is 0 Å². The Balaban J connectivity index is 3.46. The van der Waals surface area contributed by atoms with Crippen molar-refractivity contribution in [2.24, 2.45) is 5.92 Å². The molecule has 0 aliphatic carbocycles. The zero-order valence-corrected chi connectivity index (χ0v) is 5.18. The standard InChI is InChI=1S/C6H10O2/c1-4-5(2)6(7)8-3/h2,5H,4H2,1,3H3. The van der Waals surface area contributed by atoms with Crippen molar-refractivity contribution < 1.29 is 9.53 Å². The molecule has 46 valence electrons. The Labute approximate surface area is 49.8 Å². The van der Waals surface area contributed by atoms with Crippen LogP contribution < -0.4 is 0 Å². The zero-order valence-electron chi connectivity index (χ0n) is 5.18. The van der Waals surface area contributed by atoms with Crippen LogP contribution in [0.15, 0.2) is 0 Å². The fraction of sp³-hybridized carbons (Fsp3) is 0.667. The van der Waals surface area contributed by atoms with E-state index in [1.165, 1.54) is 7.11 Å². The van der Waals surface area contributed by atoms with Gasteiger partial charge in [-0.1, -0.05) is 6.92 Å². The van der Waals surface area contributed by atoms with Gasteiger partial charge in [-0.15, -0.1) is 0 Å². The Morgan fingerprint density at radius 2 is 2.38 bits per heavy atom. The van der Waals surface area contributed by atoms with Gasteiger partial charge < -0.3 is 4.74 Å². The molecule has 0 spiro atoms. The zero-order chi connectivity index (χ0) is 6.57. The van der Waals surface area contributed by atoms with Crippen molar-refractivity contribution in [3.8, 4) is 0 Å². The smallest absolute Gasteiger partial charge is 0.308 e. The van der Waals surface area contributed by atoms with Gasteiger partial charge in [-0.2, -0.15) is 0 Å². The predicted octanol–water partition coefficient (Wildman–Crippen LogP) is 0.897. The van der Waals surface area contributed by atoms with E-state index in [-0.39, 0.29) is 5.97 Å². The van der Waals surface area contributed by atoms with Crippen LogP contribution in [0.4, 0.5) is 0 Å². The van der Waals surface area contributed by atoms with Gasteiger partial charge in [0.25, 0.3) is 0 Å². The maximum Gasteiger partial charge on any atom is 0.308 e. The number of carbonyl (C=O) groups is 1. The van der Waals surface area contributed by atoms with E-state index in [2.05, 4.69) is 4.74 Å². The molecule has 1 unspecified atom stereocenters. The monoisotopic (exact) mass is 114 g/mol. The van der Waals surface area contributed by atoms with Gasteiger partial charge in [0.15, 0.2) is 0 Å². The number of hydrogen-bond acceptors (Lipinski definition) is 2. The first-order valence-electron chi connectivity index (χ1n) is 2.55. The third kappa shape index (κ3) is 1.96. The highest BCUT2D eigenvalue weighted by atomic mass is 16.5. The highest BCUT2D eigenvalue weighted by Gasteiger charge is 2.08. The quantitative estimate of drug-likeness (QED) is 0.498. The SMILES string of the molecule is [CH]C(CC)C(=O)OC. The highest BCUT2D eigenvalue weighted by molar-refractivity contribution is 5.72. The minimum absolute atomic E-state index is 0.340. The molecule has 2 nitrogen and oxygen atoms in total. The Kier molecular flexibility index (Phi) is 3.24. The van der Waals surface area contributed by atoms with E-state index >= 15 is 0 Å². The van der Waals surface area contributed by atoms with Crippen molar-refractivity contribution in [2.45, 2.75) is 13.3 Å². The molecule has 0 rings (SSSR count). The van der Waals surface area contributed by atoms with E-state index in [0.717, 1.165) is 0 Å². The summed E-state index contributed by atoms with van der Waals surface area (Å²) in [6.45, 7) is 7.09. The van der Waals surface area contributed by atoms with E-state index in [9.17, 15) is 4.79 Å². The minimum Gasteiger partial charge on any atom is -0.469 e. The largest absolute Gasteiger partial charge is 0.469 e. The highest BCUT2D eigenvalue weighted by Crippen LogP contribution is 2.00. The minimum atomic E-state index is -0.444. The Morgan fingerprint density at radius 3 is 2.50 bits per heavy atom. The molecule has 0 aliphatic rings. The van der Waals surface area contributed by atoms with Crippen LogP contribution in [0.5, 0.6) is 0 Å². The lowest BCUT2D eigenvalue weighted by molar-refractivity contribution is -0.143. The molecule has 0 aromatic rings. The number of esters is 1. The molecular weight excluding hydrogens is 104 g/mol. The summed E-state index contributed by atoms with van der Waals surface area (Å²) >= 11 is 0. The molecule has 0 fully saturated rings. The number of methoxy groups -OCH3 is 1. The average molecular weight is 114 g/mol. The molecule has 0 aliphatic heterocycles. The number of hydrogen-bond donors (Lipinski definition) is 0. The van der Waals surface area contributed by atoms with E-state index in [4.69, 9.17) is 6.92 Å². The second kappa shape index (κ2) is 3.47. The lowest BCUT2D eigenvalue weighted by Gasteiger charge is -2.02. The lowest BCUT2D eigenvalue weighted by atomic mass is 10.1. The summed E-state index contributed by atoms with van der Waals surface area (Å²) in [5.41, 5.74) is 0. The average Bonchev–Trinajstić information content (AvgIpc) is 1.84. The third-order valence-electron chi connectivity index (χ3n) is 0.944. The summed E-state index contributed by atoms with van der Waals surface area (Å²) in [5, 5.41) is 0. The van der Waals surface area contributed by atoms with Crippen LogP contribution >= 0.6 is 0 Å². The van der Waals surface area contributed by atoms with Gasteiger partial charge in [-0.05, 0) is 13.3 Å². The molecule has 2 heteroatoms. The Morgan fingerprint density at radius 1 is 1.88 bits per heavy atom. The normalized spacial score (nSPS) is 12.9. The summed E-state index contributed by atoms with van der Waals surface area (Å²) in [7, 11) is 1.33. The van der Waals surface area contributed by atoms with Crippen molar-refractivity contribution in [2.75, 3.05) is 7.11 Å². The molecule has 0 aromatic heterocycles. The van der Waals surface area contributed by atoms with E-state index in [1.54, 1.807) is 0 Å². The molecule has 0 amide bonds. The van der Waals surface area contributed by atoms with Crippen LogP contribution in [0.25, 0.3) is 0 Å². The molecule has 0 saturated carbocycles. The summed E-state index contributed by atoms with van der Waals surface area (Å²) in [6, 6.07) is 0. The summed E-state index contributed by atoms with van der Waals surface area (Å²) < 4.78 is 4.34. The van der Waals surface area contributed by atoms with Gasteiger partial charge >= 0.3 is 5.97 Å². The van der Waals surface area contributed by atoms with Crippen molar-refractivity contribution in [1.29, 1.82) is 0 Å². The molecule has 0 saturated heterocycles. The number of ether oxygens (including phenoxy) is 1. The predicted molar refractivity (Wildman–Crippen MR) is 30.1 cm³/mol. The number of rotatable bonds is 2. The molecular formula is C6H10O2. The topological polar surface area (TPSA) is 26.3 Å². The van der Waals surface area contributed by atoms with E-state index in [1.807, 2.05) is 6.92 Å². The Hall–Kier alpha value is -0.530. The van der Waals surface area contributed by atoms with Crippen molar-refractivity contribution in [3.63, 3.8) is 0 Å². The van der Waals surface area contributed by atoms with Gasteiger partial charge in [-0.25, -0.2) is 0 Å². The van der Waals surface area contributed by atoms with Crippen molar-refractivity contribution >= 4 is 5.97 Å². The lowest BCUT2D eigenvalue weighted by Crippen LogP contribution is -2.11. The maximum atomic E-state index is 10.4. The maximum absolute atomic E-state index is 10.4. The van der Waals surface area contributed by atoms with Crippen LogP contribution in [0.2, 0.25) is 0 Å². The molecule has 0 aromatic carbocycles. The van der Waals surface area contributed by atoms with E-state index < -0.39 is 5.92 Å². The van der Waals surface area contributed by atoms with Gasteiger partial charge in [0.2, 0.25) is 0 Å². The fourth-order valence-corrected chi connectivity index (χ4v) is 0.318. The fourth-order valence-electron chi connectivity index (χ4n) is 0.318. The van der Waals surface area contributed by atoms with Crippen LogP contribution in [0.3, 0.4) is 0 Å². The molecule has 1 atom stereocenters. The number of carbonyl (C=O) groups excluding carboxylic acids is 1.